The highest BCUT2D eigenvalue weighted by molar-refractivity contribution is 6.62. The van der Waals surface area contributed by atoms with Crippen LogP contribution in [0.1, 0.15) is 61.3 Å². The minimum absolute atomic E-state index is 0.0790. The lowest BCUT2D eigenvalue weighted by Crippen LogP contribution is -2.64. The molecule has 0 rings (SSSR count). The van der Waals surface area contributed by atoms with Gasteiger partial charge in [0.05, 0.1) is 11.8 Å². The normalized spacial score (nSPS) is 15.0. The molecule has 0 radical (unpaired) electrons. The fraction of sp³-hybridized carbons (Fsp3) is 1.00. The summed E-state index contributed by atoms with van der Waals surface area (Å²) >= 11 is 0. The first-order valence-electron chi connectivity index (χ1n) is 10.8. The summed E-state index contributed by atoms with van der Waals surface area (Å²) in [6.45, 7) is 17.1. The predicted octanol–water partition coefficient (Wildman–Crippen LogP) is 2.67. The number of nitrogens with one attached hydrogen (secondary N) is 1. The van der Waals surface area contributed by atoms with E-state index in [4.69, 9.17) is 32.3 Å². The van der Waals surface area contributed by atoms with Crippen molar-refractivity contribution in [2.75, 3.05) is 39.6 Å². The number of hydrogen-bond donors (Lipinski definition) is 2. The van der Waals surface area contributed by atoms with Crippen molar-refractivity contribution < 1.29 is 26.6 Å². The van der Waals surface area contributed by atoms with Gasteiger partial charge < -0.3 is 32.3 Å². The minimum Gasteiger partial charge on any atom is -0.374 e. The van der Waals surface area contributed by atoms with Gasteiger partial charge in [-0.3, -0.25) is 5.32 Å². The third kappa shape index (κ3) is 9.29. The van der Waals surface area contributed by atoms with Crippen LogP contribution in [0.5, 0.6) is 0 Å². The molecule has 0 aliphatic rings. The summed E-state index contributed by atoms with van der Waals surface area (Å²) in [6.07, 6.45) is 1.19. The Hall–Kier alpha value is 0.114. The summed E-state index contributed by atoms with van der Waals surface area (Å²) in [4.78, 5) is 0. The molecule has 3 N–H and O–H groups in total. The maximum atomic E-state index is 6.43. The van der Waals surface area contributed by atoms with E-state index in [1.807, 2.05) is 41.5 Å². The Kier molecular flexibility index (Phi) is 16.0. The molecule has 0 heterocycles. The van der Waals surface area contributed by atoms with E-state index in [9.17, 15) is 0 Å². The first-order chi connectivity index (χ1) is 13.4. The topological polar surface area (TPSA) is 93.4 Å². The van der Waals surface area contributed by atoms with Crippen molar-refractivity contribution >= 4 is 17.6 Å². The van der Waals surface area contributed by atoms with Crippen molar-refractivity contribution in [3.8, 4) is 0 Å². The first kappa shape index (κ1) is 28.1. The van der Waals surface area contributed by atoms with Crippen molar-refractivity contribution in [3.63, 3.8) is 0 Å². The van der Waals surface area contributed by atoms with E-state index in [-0.39, 0.29) is 11.8 Å². The molecule has 2 unspecified atom stereocenters. The summed E-state index contributed by atoms with van der Waals surface area (Å²) in [5.41, 5.74) is 6.35. The van der Waals surface area contributed by atoms with Crippen molar-refractivity contribution in [1.82, 2.24) is 5.32 Å². The van der Waals surface area contributed by atoms with E-state index in [2.05, 4.69) is 12.2 Å². The zero-order valence-electron chi connectivity index (χ0n) is 19.0. The van der Waals surface area contributed by atoms with Gasteiger partial charge in [0.2, 0.25) is 0 Å². The van der Waals surface area contributed by atoms with Crippen LogP contribution in [0.2, 0.25) is 6.04 Å². The molecular formula is C18H44N2O6Si2. The molecule has 10 heteroatoms. The van der Waals surface area contributed by atoms with Crippen molar-refractivity contribution in [2.24, 2.45) is 5.73 Å². The maximum Gasteiger partial charge on any atom is 0.518 e. The molecule has 0 aromatic rings. The molecule has 0 spiro atoms. The Morgan fingerprint density at radius 3 is 1.39 bits per heavy atom. The second kappa shape index (κ2) is 15.9. The largest absolute Gasteiger partial charge is 0.518 e. The third-order valence-electron chi connectivity index (χ3n) is 4.14. The molecule has 0 fully saturated rings. The molecule has 8 nitrogen and oxygen atoms in total. The van der Waals surface area contributed by atoms with Crippen LogP contribution in [-0.4, -0.2) is 69.1 Å². The Labute approximate surface area is 174 Å². The summed E-state index contributed by atoms with van der Waals surface area (Å²) in [7, 11) is -5.60. The first-order valence-corrected chi connectivity index (χ1v) is 14.5. The van der Waals surface area contributed by atoms with Crippen LogP contribution < -0.4 is 11.1 Å². The fourth-order valence-corrected chi connectivity index (χ4v) is 8.82. The number of hydrogen-bond acceptors (Lipinski definition) is 8. The lowest BCUT2D eigenvalue weighted by Gasteiger charge is -2.37. The highest BCUT2D eigenvalue weighted by Crippen LogP contribution is 2.21. The van der Waals surface area contributed by atoms with E-state index >= 15 is 0 Å². The van der Waals surface area contributed by atoms with Crippen molar-refractivity contribution in [2.45, 2.75) is 79.2 Å². The van der Waals surface area contributed by atoms with E-state index < -0.39 is 17.6 Å². The van der Waals surface area contributed by atoms with Gasteiger partial charge in [-0.05, 0) is 54.4 Å². The molecule has 0 aliphatic carbocycles. The monoisotopic (exact) mass is 440 g/mol. The summed E-state index contributed by atoms with van der Waals surface area (Å²) in [5.74, 6) is 0. The standard InChI is InChI=1S/C18H44N2O6Si2/c1-8-18(28(24-12-5,25-13-6)26-14-7)20-17(19)15-16-27(21-9-2,22-10-3)23-11-4/h17-18,20H,8-16,19H2,1-7H3. The smallest absolute Gasteiger partial charge is 0.374 e. The van der Waals surface area contributed by atoms with Crippen molar-refractivity contribution in [3.05, 3.63) is 0 Å². The average Bonchev–Trinajstić information content (AvgIpc) is 2.65. The van der Waals surface area contributed by atoms with E-state index in [1.165, 1.54) is 0 Å². The lowest BCUT2D eigenvalue weighted by atomic mass is 10.3. The molecule has 0 aliphatic heterocycles. The Morgan fingerprint density at radius 2 is 1.07 bits per heavy atom. The average molecular weight is 441 g/mol. The van der Waals surface area contributed by atoms with Crippen LogP contribution in [0.3, 0.4) is 0 Å². The van der Waals surface area contributed by atoms with Crippen LogP contribution in [0, 0.1) is 0 Å². The van der Waals surface area contributed by atoms with Gasteiger partial charge in [0, 0.05) is 45.7 Å². The van der Waals surface area contributed by atoms with Crippen LogP contribution in [-0.2, 0) is 26.6 Å². The highest BCUT2D eigenvalue weighted by atomic mass is 28.4. The molecule has 2 atom stereocenters. The Bertz CT molecular complexity index is 348. The van der Waals surface area contributed by atoms with Gasteiger partial charge in [0.25, 0.3) is 0 Å². The molecule has 0 bridgehead atoms. The van der Waals surface area contributed by atoms with Gasteiger partial charge >= 0.3 is 17.6 Å². The van der Waals surface area contributed by atoms with Crippen molar-refractivity contribution in [1.29, 1.82) is 0 Å². The zero-order chi connectivity index (χ0) is 21.5. The second-order valence-electron chi connectivity index (χ2n) is 6.16. The second-order valence-corrected chi connectivity index (χ2v) is 11.7. The minimum atomic E-state index is -2.88. The maximum absolute atomic E-state index is 6.43. The summed E-state index contributed by atoms with van der Waals surface area (Å²) in [6, 6.07) is 0.652. The molecule has 0 aromatic heterocycles. The van der Waals surface area contributed by atoms with Gasteiger partial charge in [0.1, 0.15) is 0 Å². The molecular weight excluding hydrogens is 396 g/mol. The fourth-order valence-electron chi connectivity index (χ4n) is 3.18. The zero-order valence-corrected chi connectivity index (χ0v) is 21.0. The van der Waals surface area contributed by atoms with Gasteiger partial charge in [-0.2, -0.15) is 0 Å². The molecule has 170 valence electrons. The quantitative estimate of drug-likeness (QED) is 0.234. The third-order valence-corrected chi connectivity index (χ3v) is 10.7. The summed E-state index contributed by atoms with van der Waals surface area (Å²) < 4.78 is 35.9. The lowest BCUT2D eigenvalue weighted by molar-refractivity contribution is 0.0551. The Morgan fingerprint density at radius 1 is 0.679 bits per heavy atom. The highest BCUT2D eigenvalue weighted by Gasteiger charge is 2.49. The van der Waals surface area contributed by atoms with E-state index in [1.54, 1.807) is 0 Å². The molecule has 28 heavy (non-hydrogen) atoms. The SMILES string of the molecule is CCO[Si](CCC(N)NC(CC)[Si](OCC)(OCC)OCC)(OCC)OCC. The van der Waals surface area contributed by atoms with E-state index in [0.29, 0.717) is 52.1 Å². The molecule has 0 aromatic carbocycles. The van der Waals surface area contributed by atoms with Gasteiger partial charge in [-0.25, -0.2) is 0 Å². The van der Waals surface area contributed by atoms with Gasteiger partial charge in [-0.1, -0.05) is 6.92 Å². The Balaban J connectivity index is 5.15. The summed E-state index contributed by atoms with van der Waals surface area (Å²) in [5, 5.41) is 3.48. The predicted molar refractivity (Wildman–Crippen MR) is 116 cm³/mol. The van der Waals surface area contributed by atoms with Crippen LogP contribution in [0.4, 0.5) is 0 Å². The van der Waals surface area contributed by atoms with Crippen LogP contribution in [0.25, 0.3) is 0 Å². The van der Waals surface area contributed by atoms with Gasteiger partial charge in [0.15, 0.2) is 0 Å². The molecule has 0 saturated heterocycles. The number of rotatable bonds is 19. The van der Waals surface area contributed by atoms with E-state index in [0.717, 1.165) is 6.42 Å². The number of nitrogens with two attached hydrogens (primary N) is 1. The van der Waals surface area contributed by atoms with Crippen LogP contribution >= 0.6 is 0 Å². The van der Waals surface area contributed by atoms with Crippen LogP contribution in [0.15, 0.2) is 0 Å². The van der Waals surface area contributed by atoms with Gasteiger partial charge in [-0.15, -0.1) is 0 Å². The molecule has 0 saturated carbocycles. The molecule has 0 amide bonds.